The smallest absolute Gasteiger partial charge is 0.139 e. The van der Waals surface area contributed by atoms with Crippen LogP contribution in [0.3, 0.4) is 0 Å². The van der Waals surface area contributed by atoms with Crippen LogP contribution in [0.25, 0.3) is 0 Å². The van der Waals surface area contributed by atoms with Gasteiger partial charge in [0.05, 0.1) is 20.3 Å². The van der Waals surface area contributed by atoms with E-state index < -0.39 is 5.60 Å². The molecule has 0 bridgehead atoms. The Balaban J connectivity index is 2.66. The van der Waals surface area contributed by atoms with E-state index in [4.69, 9.17) is 9.47 Å². The van der Waals surface area contributed by atoms with Crippen molar-refractivity contribution in [1.82, 2.24) is 0 Å². The van der Waals surface area contributed by atoms with Crippen LogP contribution in [0.5, 0.6) is 5.75 Å². The lowest BCUT2D eigenvalue weighted by molar-refractivity contribution is -0.00362. The number of aliphatic hydroxyl groups excluding tert-OH is 1. The van der Waals surface area contributed by atoms with Crippen LogP contribution >= 0.6 is 15.9 Å². The molecule has 0 fully saturated rings. The second-order valence-electron chi connectivity index (χ2n) is 7.89. The molecule has 0 aromatic heterocycles. The standard InChI is InChI=1S/C29H35BrO3/c1-7-21(4)10-11-25(9-3)29(22(5)8-2,26-12-14-28(32-6)15-13-26)33-20-24-16-23(19-31)17-27(30)18-24/h8-18,31H,4,7,19-20H2,1-3,5-6H3. The monoisotopic (exact) mass is 510 g/mol. The first-order valence-electron chi connectivity index (χ1n) is 11.2. The fraction of sp³-hybridized carbons (Fsp3) is 0.310. The van der Waals surface area contributed by atoms with Crippen LogP contribution in [0.15, 0.2) is 94.5 Å². The van der Waals surface area contributed by atoms with Gasteiger partial charge >= 0.3 is 0 Å². The molecule has 4 heteroatoms. The first-order chi connectivity index (χ1) is 15.8. The van der Waals surface area contributed by atoms with Gasteiger partial charge in [-0.3, -0.25) is 0 Å². The van der Waals surface area contributed by atoms with Gasteiger partial charge in [-0.2, -0.15) is 0 Å². The maximum absolute atomic E-state index is 9.63. The number of rotatable bonds is 11. The van der Waals surface area contributed by atoms with Gasteiger partial charge in [0.15, 0.2) is 0 Å². The number of aliphatic hydroxyl groups is 1. The molecule has 1 atom stereocenters. The minimum Gasteiger partial charge on any atom is -0.497 e. The Hall–Kier alpha value is -2.40. The first-order valence-corrected chi connectivity index (χ1v) is 12.0. The van der Waals surface area contributed by atoms with Gasteiger partial charge in [-0.1, -0.05) is 77.5 Å². The zero-order valence-corrected chi connectivity index (χ0v) is 21.9. The molecule has 33 heavy (non-hydrogen) atoms. The van der Waals surface area contributed by atoms with Crippen molar-refractivity contribution in [3.63, 3.8) is 0 Å². The minimum atomic E-state index is -0.804. The number of halogens is 1. The van der Waals surface area contributed by atoms with Crippen molar-refractivity contribution < 1.29 is 14.6 Å². The van der Waals surface area contributed by atoms with Crippen LogP contribution in [0.4, 0.5) is 0 Å². The third kappa shape index (κ3) is 6.57. The molecule has 0 aliphatic heterocycles. The van der Waals surface area contributed by atoms with Crippen LogP contribution in [0, 0.1) is 0 Å². The fourth-order valence-electron chi connectivity index (χ4n) is 3.76. The molecule has 0 aliphatic rings. The molecule has 2 aromatic rings. The largest absolute Gasteiger partial charge is 0.497 e. The highest BCUT2D eigenvalue weighted by atomic mass is 79.9. The molecular formula is C29H35BrO3. The molecule has 0 radical (unpaired) electrons. The molecule has 0 saturated carbocycles. The Kier molecular flexibility index (Phi) is 10.4. The molecule has 0 spiro atoms. The minimum absolute atomic E-state index is 0.0219. The quantitative estimate of drug-likeness (QED) is 0.247. The van der Waals surface area contributed by atoms with Crippen molar-refractivity contribution >= 4 is 15.9 Å². The summed E-state index contributed by atoms with van der Waals surface area (Å²) in [5.74, 6) is 0.794. The van der Waals surface area contributed by atoms with Crippen LogP contribution < -0.4 is 4.74 Å². The SMILES string of the molecule is C=C(C=CC(=CC)C(OCc1cc(Br)cc(CO)c1)(C(C)=CC)c1ccc(OC)cc1)CC. The number of methoxy groups -OCH3 is 1. The molecule has 0 heterocycles. The van der Waals surface area contributed by atoms with Crippen LogP contribution in [-0.4, -0.2) is 12.2 Å². The Morgan fingerprint density at radius 2 is 1.73 bits per heavy atom. The summed E-state index contributed by atoms with van der Waals surface area (Å²) in [4.78, 5) is 0. The lowest BCUT2D eigenvalue weighted by Gasteiger charge is -2.37. The van der Waals surface area contributed by atoms with Gasteiger partial charge in [0.25, 0.3) is 0 Å². The van der Waals surface area contributed by atoms with Crippen LogP contribution in [0.1, 0.15) is 50.8 Å². The number of hydrogen-bond acceptors (Lipinski definition) is 3. The lowest BCUT2D eigenvalue weighted by atomic mass is 9.79. The molecule has 0 aliphatic carbocycles. The molecular weight excluding hydrogens is 476 g/mol. The van der Waals surface area contributed by atoms with E-state index in [0.717, 1.165) is 50.1 Å². The second-order valence-corrected chi connectivity index (χ2v) is 8.80. The van der Waals surface area contributed by atoms with E-state index in [1.54, 1.807) is 7.11 Å². The molecule has 1 N–H and O–H groups in total. The molecule has 0 amide bonds. The maximum atomic E-state index is 9.63. The van der Waals surface area contributed by atoms with E-state index >= 15 is 0 Å². The summed E-state index contributed by atoms with van der Waals surface area (Å²) in [5.41, 5.74) is 5.17. The third-order valence-corrected chi connectivity index (χ3v) is 6.27. The highest BCUT2D eigenvalue weighted by Gasteiger charge is 2.38. The van der Waals surface area contributed by atoms with Gasteiger partial charge < -0.3 is 14.6 Å². The summed E-state index contributed by atoms with van der Waals surface area (Å²) >= 11 is 3.54. The molecule has 0 saturated heterocycles. The summed E-state index contributed by atoms with van der Waals surface area (Å²) in [7, 11) is 1.67. The average molecular weight is 512 g/mol. The van der Waals surface area contributed by atoms with Gasteiger partial charge in [-0.05, 0) is 79.3 Å². The van der Waals surface area contributed by atoms with Gasteiger partial charge in [0.1, 0.15) is 11.4 Å². The molecule has 3 nitrogen and oxygen atoms in total. The van der Waals surface area contributed by atoms with Crippen molar-refractivity contribution in [2.24, 2.45) is 0 Å². The van der Waals surface area contributed by atoms with Crippen LogP contribution in [-0.2, 0) is 23.6 Å². The Morgan fingerprint density at radius 1 is 1.06 bits per heavy atom. The van der Waals surface area contributed by atoms with Gasteiger partial charge in [0, 0.05) is 4.47 Å². The van der Waals surface area contributed by atoms with E-state index in [-0.39, 0.29) is 6.61 Å². The Morgan fingerprint density at radius 3 is 2.27 bits per heavy atom. The first kappa shape index (κ1) is 26.8. The number of allylic oxidation sites excluding steroid dienone is 4. The molecule has 1 unspecified atom stereocenters. The number of benzene rings is 2. The lowest BCUT2D eigenvalue weighted by Crippen LogP contribution is -2.33. The van der Waals surface area contributed by atoms with E-state index in [1.165, 1.54) is 0 Å². The number of ether oxygens (including phenoxy) is 2. The van der Waals surface area contributed by atoms with Crippen LogP contribution in [0.2, 0.25) is 0 Å². The molecule has 2 rings (SSSR count). The predicted molar refractivity (Wildman–Crippen MR) is 141 cm³/mol. The Labute approximate surface area is 207 Å². The summed E-state index contributed by atoms with van der Waals surface area (Å²) in [6.07, 6.45) is 9.23. The summed E-state index contributed by atoms with van der Waals surface area (Å²) in [6.45, 7) is 12.7. The predicted octanol–water partition coefficient (Wildman–Crippen LogP) is 7.80. The van der Waals surface area contributed by atoms with Crippen molar-refractivity contribution in [2.75, 3.05) is 7.11 Å². The Bertz CT molecular complexity index is 1030. The average Bonchev–Trinajstić information content (AvgIpc) is 2.85. The van der Waals surface area contributed by atoms with E-state index in [1.807, 2.05) is 44.2 Å². The number of hydrogen-bond donors (Lipinski definition) is 1. The second kappa shape index (κ2) is 12.7. The zero-order valence-electron chi connectivity index (χ0n) is 20.3. The van der Waals surface area contributed by atoms with Crippen molar-refractivity contribution in [2.45, 2.75) is 52.9 Å². The van der Waals surface area contributed by atoms with Gasteiger partial charge in [-0.25, -0.2) is 0 Å². The zero-order chi connectivity index (χ0) is 24.4. The molecule has 2 aromatic carbocycles. The highest BCUT2D eigenvalue weighted by molar-refractivity contribution is 9.10. The van der Waals surface area contributed by atoms with E-state index in [0.29, 0.717) is 6.61 Å². The van der Waals surface area contributed by atoms with Gasteiger partial charge in [-0.15, -0.1) is 0 Å². The van der Waals surface area contributed by atoms with Crippen molar-refractivity contribution in [1.29, 1.82) is 0 Å². The van der Waals surface area contributed by atoms with Gasteiger partial charge in [0.2, 0.25) is 0 Å². The highest BCUT2D eigenvalue weighted by Crippen LogP contribution is 2.43. The van der Waals surface area contributed by atoms with E-state index in [9.17, 15) is 5.11 Å². The topological polar surface area (TPSA) is 38.7 Å². The summed E-state index contributed by atoms with van der Waals surface area (Å²) in [6, 6.07) is 13.9. The summed E-state index contributed by atoms with van der Waals surface area (Å²) < 4.78 is 13.1. The molecule has 176 valence electrons. The maximum Gasteiger partial charge on any atom is 0.139 e. The third-order valence-electron chi connectivity index (χ3n) is 5.81. The summed E-state index contributed by atoms with van der Waals surface area (Å²) in [5, 5.41) is 9.63. The van der Waals surface area contributed by atoms with Crippen molar-refractivity contribution in [3.8, 4) is 5.75 Å². The fourth-order valence-corrected chi connectivity index (χ4v) is 4.35. The normalized spacial score (nSPS) is 14.4. The van der Waals surface area contributed by atoms with E-state index in [2.05, 4.69) is 72.8 Å². The van der Waals surface area contributed by atoms with Crippen molar-refractivity contribution in [3.05, 3.63) is 111 Å².